The fourth-order valence-corrected chi connectivity index (χ4v) is 5.21. The largest absolute Gasteiger partial charge is 0.444 e. The Balaban J connectivity index is 1.37. The van der Waals surface area contributed by atoms with Crippen molar-refractivity contribution >= 4 is 33.0 Å². The van der Waals surface area contributed by atoms with Crippen LogP contribution in [0.15, 0.2) is 57.4 Å². The lowest BCUT2D eigenvalue weighted by Crippen LogP contribution is -2.48. The molecule has 9 heteroatoms. The number of sulfonamides is 1. The Kier molecular flexibility index (Phi) is 5.34. The van der Waals surface area contributed by atoms with Gasteiger partial charge in [-0.3, -0.25) is 4.90 Å². The number of thiophene rings is 1. The van der Waals surface area contributed by atoms with E-state index >= 15 is 0 Å². The summed E-state index contributed by atoms with van der Waals surface area (Å²) in [6.07, 6.45) is 1.67. The Bertz CT molecular complexity index is 993. The minimum atomic E-state index is -3.49. The maximum absolute atomic E-state index is 12.7. The van der Waals surface area contributed by atoms with E-state index in [-0.39, 0.29) is 4.90 Å². The number of rotatable bonds is 5. The van der Waals surface area contributed by atoms with Gasteiger partial charge >= 0.3 is 0 Å². The number of oxazole rings is 1. The Morgan fingerprint density at radius 3 is 2.52 bits per heavy atom. The smallest absolute Gasteiger partial charge is 0.243 e. The molecule has 0 radical (unpaired) electrons. The molecule has 0 spiro atoms. The van der Waals surface area contributed by atoms with Crippen LogP contribution in [0.4, 0.5) is 0 Å². The summed E-state index contributed by atoms with van der Waals surface area (Å²) >= 11 is 7.44. The van der Waals surface area contributed by atoms with Crippen LogP contribution in [-0.4, -0.2) is 48.8 Å². The van der Waals surface area contributed by atoms with Gasteiger partial charge in [-0.05, 0) is 35.7 Å². The molecule has 27 heavy (non-hydrogen) atoms. The van der Waals surface area contributed by atoms with E-state index in [4.69, 9.17) is 16.0 Å². The van der Waals surface area contributed by atoms with Gasteiger partial charge in [0.2, 0.25) is 15.9 Å². The zero-order valence-electron chi connectivity index (χ0n) is 14.4. The molecule has 3 heterocycles. The monoisotopic (exact) mass is 423 g/mol. The van der Waals surface area contributed by atoms with E-state index in [0.29, 0.717) is 43.6 Å². The van der Waals surface area contributed by atoms with Gasteiger partial charge in [-0.2, -0.15) is 4.31 Å². The van der Waals surface area contributed by atoms with Crippen LogP contribution < -0.4 is 0 Å². The number of halogens is 1. The van der Waals surface area contributed by atoms with E-state index in [2.05, 4.69) is 9.88 Å². The van der Waals surface area contributed by atoms with Crippen LogP contribution in [0, 0.1) is 0 Å². The molecule has 1 aromatic carbocycles. The van der Waals surface area contributed by atoms with E-state index in [9.17, 15) is 8.42 Å². The van der Waals surface area contributed by atoms with Gasteiger partial charge < -0.3 is 4.42 Å². The maximum Gasteiger partial charge on any atom is 0.243 e. The van der Waals surface area contributed by atoms with E-state index < -0.39 is 10.0 Å². The second-order valence-electron chi connectivity index (χ2n) is 6.26. The van der Waals surface area contributed by atoms with Gasteiger partial charge in [0.15, 0.2) is 0 Å². The van der Waals surface area contributed by atoms with Crippen LogP contribution >= 0.6 is 22.9 Å². The average molecular weight is 424 g/mol. The number of aromatic nitrogens is 1. The highest BCUT2D eigenvalue weighted by atomic mass is 35.5. The van der Waals surface area contributed by atoms with Gasteiger partial charge in [-0.15, -0.1) is 11.3 Å². The summed E-state index contributed by atoms with van der Waals surface area (Å²) in [7, 11) is -3.49. The average Bonchev–Trinajstić information content (AvgIpc) is 3.34. The first-order valence-electron chi connectivity index (χ1n) is 8.49. The van der Waals surface area contributed by atoms with Gasteiger partial charge in [-0.25, -0.2) is 13.4 Å². The lowest BCUT2D eigenvalue weighted by molar-refractivity contribution is 0.180. The van der Waals surface area contributed by atoms with Gasteiger partial charge in [-0.1, -0.05) is 17.7 Å². The quantitative estimate of drug-likeness (QED) is 0.627. The molecule has 0 aliphatic carbocycles. The third-order valence-electron chi connectivity index (χ3n) is 4.45. The zero-order chi connectivity index (χ0) is 18.9. The molecule has 1 aliphatic heterocycles. The van der Waals surface area contributed by atoms with Gasteiger partial charge in [0.1, 0.15) is 6.26 Å². The summed E-state index contributed by atoms with van der Waals surface area (Å²) < 4.78 is 32.5. The van der Waals surface area contributed by atoms with E-state index in [0.717, 1.165) is 10.6 Å². The Morgan fingerprint density at radius 2 is 1.85 bits per heavy atom. The van der Waals surface area contributed by atoms with Crippen LogP contribution in [0.2, 0.25) is 5.02 Å². The van der Waals surface area contributed by atoms with Crippen LogP contribution in [-0.2, 0) is 16.6 Å². The lowest BCUT2D eigenvalue weighted by Gasteiger charge is -2.33. The minimum absolute atomic E-state index is 0.275. The molecule has 0 atom stereocenters. The van der Waals surface area contributed by atoms with Crippen molar-refractivity contribution in [3.05, 3.63) is 58.8 Å². The molecule has 2 aromatic heterocycles. The second kappa shape index (κ2) is 7.73. The van der Waals surface area contributed by atoms with Crippen molar-refractivity contribution in [3.8, 4) is 10.8 Å². The van der Waals surface area contributed by atoms with E-state index in [1.165, 1.54) is 4.31 Å². The Labute approximate surface area is 167 Å². The van der Waals surface area contributed by atoms with Gasteiger partial charge in [0, 0.05) is 37.7 Å². The molecular weight excluding hydrogens is 406 g/mol. The minimum Gasteiger partial charge on any atom is -0.444 e. The molecular formula is C18H18ClN3O3S2. The normalized spacial score (nSPS) is 16.6. The molecule has 1 saturated heterocycles. The number of hydrogen-bond acceptors (Lipinski definition) is 6. The molecule has 0 unspecified atom stereocenters. The predicted molar refractivity (Wildman–Crippen MR) is 105 cm³/mol. The van der Waals surface area contributed by atoms with Gasteiger partial charge in [0.05, 0.1) is 15.5 Å². The SMILES string of the molecule is O=S(=O)(c1ccc(Cl)cc1)N1CCN(Cc2coc(-c3cccs3)n2)CC1. The number of nitrogens with zero attached hydrogens (tertiary/aromatic N) is 3. The van der Waals surface area contributed by atoms with Crippen LogP contribution in [0.25, 0.3) is 10.8 Å². The van der Waals surface area contributed by atoms with Crippen molar-refractivity contribution in [1.82, 2.24) is 14.2 Å². The molecule has 4 rings (SSSR count). The molecule has 142 valence electrons. The third kappa shape index (κ3) is 4.09. The summed E-state index contributed by atoms with van der Waals surface area (Å²) in [4.78, 5) is 7.99. The van der Waals surface area contributed by atoms with Crippen molar-refractivity contribution in [3.63, 3.8) is 0 Å². The Morgan fingerprint density at radius 1 is 1.11 bits per heavy atom. The lowest BCUT2D eigenvalue weighted by atomic mass is 10.3. The standard InChI is InChI=1S/C18H18ClN3O3S2/c19-14-3-5-16(6-4-14)27(23,24)22-9-7-21(8-10-22)12-15-13-25-18(20-15)17-2-1-11-26-17/h1-6,11,13H,7-10,12H2. The summed E-state index contributed by atoms with van der Waals surface area (Å²) in [5.41, 5.74) is 0.854. The predicted octanol–water partition coefficient (Wildman–Crippen LogP) is 3.56. The highest BCUT2D eigenvalue weighted by Gasteiger charge is 2.28. The Hall–Kier alpha value is -1.71. The summed E-state index contributed by atoms with van der Waals surface area (Å²) in [5.74, 6) is 0.629. The van der Waals surface area contributed by atoms with Crippen molar-refractivity contribution in [2.45, 2.75) is 11.4 Å². The highest BCUT2D eigenvalue weighted by Crippen LogP contribution is 2.24. The maximum atomic E-state index is 12.7. The van der Waals surface area contributed by atoms with Crippen molar-refractivity contribution in [2.24, 2.45) is 0 Å². The molecule has 3 aromatic rings. The first kappa shape index (κ1) is 18.6. The van der Waals surface area contributed by atoms with Crippen LogP contribution in [0.3, 0.4) is 0 Å². The zero-order valence-corrected chi connectivity index (χ0v) is 16.8. The first-order chi connectivity index (χ1) is 13.0. The molecule has 1 aliphatic rings. The summed E-state index contributed by atoms with van der Waals surface area (Å²) in [5, 5.41) is 2.51. The fraction of sp³-hybridized carbons (Fsp3) is 0.278. The van der Waals surface area contributed by atoms with E-state index in [1.54, 1.807) is 41.9 Å². The number of benzene rings is 1. The molecule has 0 N–H and O–H groups in total. The number of hydrogen-bond donors (Lipinski definition) is 0. The summed E-state index contributed by atoms with van der Waals surface area (Å²) in [6.45, 7) is 2.83. The van der Waals surface area contributed by atoms with Crippen molar-refractivity contribution in [2.75, 3.05) is 26.2 Å². The van der Waals surface area contributed by atoms with Crippen LogP contribution in [0.5, 0.6) is 0 Å². The second-order valence-corrected chi connectivity index (χ2v) is 9.58. The van der Waals surface area contributed by atoms with Crippen molar-refractivity contribution < 1.29 is 12.8 Å². The van der Waals surface area contributed by atoms with Crippen LogP contribution in [0.1, 0.15) is 5.69 Å². The summed E-state index contributed by atoms with van der Waals surface area (Å²) in [6, 6.07) is 10.2. The van der Waals surface area contributed by atoms with Gasteiger partial charge in [0.25, 0.3) is 0 Å². The molecule has 0 bridgehead atoms. The van der Waals surface area contributed by atoms with Crippen molar-refractivity contribution in [1.29, 1.82) is 0 Å². The highest BCUT2D eigenvalue weighted by molar-refractivity contribution is 7.89. The number of piperazine rings is 1. The molecule has 1 fully saturated rings. The van der Waals surface area contributed by atoms with E-state index in [1.807, 2.05) is 17.5 Å². The first-order valence-corrected chi connectivity index (χ1v) is 11.2. The third-order valence-corrected chi connectivity index (χ3v) is 7.47. The molecule has 0 saturated carbocycles. The molecule has 6 nitrogen and oxygen atoms in total. The molecule has 0 amide bonds. The fourth-order valence-electron chi connectivity index (χ4n) is 3.01. The topological polar surface area (TPSA) is 66.7 Å².